The largest absolute Gasteiger partial charge is 0.354 e. The van der Waals surface area contributed by atoms with Gasteiger partial charge in [0.15, 0.2) is 0 Å². The Balaban J connectivity index is 1.98. The van der Waals surface area contributed by atoms with E-state index in [9.17, 15) is 18.0 Å². The van der Waals surface area contributed by atoms with E-state index in [2.05, 4.69) is 5.32 Å². The minimum atomic E-state index is -4.01. The Morgan fingerprint density at radius 2 is 1.57 bits per heavy atom. The average Bonchev–Trinajstić information content (AvgIpc) is 2.92. The van der Waals surface area contributed by atoms with Gasteiger partial charge in [0, 0.05) is 41.6 Å². The van der Waals surface area contributed by atoms with Crippen molar-refractivity contribution in [3.8, 4) is 0 Å². The number of amides is 2. The van der Waals surface area contributed by atoms with E-state index in [4.69, 9.17) is 34.8 Å². The van der Waals surface area contributed by atoms with Gasteiger partial charge in [-0.25, -0.2) is 8.42 Å². The number of carbonyl (C=O) groups is 2. The first-order valence-corrected chi connectivity index (χ1v) is 15.4. The zero-order valence-electron chi connectivity index (χ0n) is 22.3. The van der Waals surface area contributed by atoms with Gasteiger partial charge in [-0.15, -0.1) is 0 Å². The van der Waals surface area contributed by atoms with Gasteiger partial charge in [-0.05, 0) is 53.9 Å². The third-order valence-corrected chi connectivity index (χ3v) is 8.99. The summed E-state index contributed by atoms with van der Waals surface area (Å²) in [6.45, 7) is 1.95. The van der Waals surface area contributed by atoms with Gasteiger partial charge in [0.05, 0.1) is 11.4 Å². The molecule has 7 nitrogen and oxygen atoms in total. The third kappa shape index (κ3) is 8.69. The summed E-state index contributed by atoms with van der Waals surface area (Å²) in [6.07, 6.45) is 1.90. The molecule has 11 heteroatoms. The van der Waals surface area contributed by atoms with Crippen molar-refractivity contribution in [1.82, 2.24) is 14.5 Å². The molecule has 214 valence electrons. The van der Waals surface area contributed by atoms with Crippen LogP contribution in [0.2, 0.25) is 15.1 Å². The van der Waals surface area contributed by atoms with Gasteiger partial charge in [0.2, 0.25) is 21.8 Å². The predicted molar refractivity (Wildman–Crippen MR) is 160 cm³/mol. The topological polar surface area (TPSA) is 86.8 Å². The molecule has 0 saturated heterocycles. The number of nitrogens with one attached hydrogen (secondary N) is 1. The van der Waals surface area contributed by atoms with Gasteiger partial charge in [0.1, 0.15) is 6.04 Å². The van der Waals surface area contributed by atoms with E-state index in [-0.39, 0.29) is 23.8 Å². The van der Waals surface area contributed by atoms with Crippen molar-refractivity contribution >= 4 is 56.6 Å². The van der Waals surface area contributed by atoms with Crippen molar-refractivity contribution in [2.75, 3.05) is 20.1 Å². The fourth-order valence-corrected chi connectivity index (χ4v) is 5.76. The minimum absolute atomic E-state index is 0.00219. The van der Waals surface area contributed by atoms with Gasteiger partial charge in [-0.3, -0.25) is 9.59 Å². The Hall–Kier alpha value is -2.62. The number of likely N-dealkylation sites (N-methyl/N-ethyl adjacent to an activating group) is 1. The molecular formula is C29H32Cl3N3O4S. The van der Waals surface area contributed by atoms with Crippen LogP contribution in [0.1, 0.15) is 30.9 Å². The highest BCUT2D eigenvalue weighted by Crippen LogP contribution is 2.25. The molecule has 0 radical (unpaired) electrons. The lowest BCUT2D eigenvalue weighted by molar-refractivity contribution is -0.141. The molecule has 0 bridgehead atoms. The number of halogens is 3. The van der Waals surface area contributed by atoms with Gasteiger partial charge in [0.25, 0.3) is 0 Å². The first kappa shape index (κ1) is 31.9. The van der Waals surface area contributed by atoms with E-state index in [1.54, 1.807) is 18.2 Å². The van der Waals surface area contributed by atoms with Crippen LogP contribution in [0.4, 0.5) is 0 Å². The average molecular weight is 625 g/mol. The molecule has 0 fully saturated rings. The first-order chi connectivity index (χ1) is 19.0. The smallest absolute Gasteiger partial charge is 0.243 e. The molecule has 0 saturated carbocycles. The maximum atomic E-state index is 13.9. The van der Waals surface area contributed by atoms with Crippen molar-refractivity contribution in [1.29, 1.82) is 0 Å². The number of hydrogen-bond acceptors (Lipinski definition) is 4. The van der Waals surface area contributed by atoms with Crippen LogP contribution >= 0.6 is 34.8 Å². The maximum Gasteiger partial charge on any atom is 0.243 e. The van der Waals surface area contributed by atoms with Gasteiger partial charge < -0.3 is 10.2 Å². The van der Waals surface area contributed by atoms with Crippen molar-refractivity contribution in [3.05, 3.63) is 99.0 Å². The summed E-state index contributed by atoms with van der Waals surface area (Å²) in [5, 5.41) is 4.08. The summed E-state index contributed by atoms with van der Waals surface area (Å²) in [4.78, 5) is 28.8. The van der Waals surface area contributed by atoms with Crippen LogP contribution in [-0.2, 0) is 32.6 Å². The molecule has 1 N–H and O–H groups in total. The lowest BCUT2D eigenvalue weighted by Gasteiger charge is -2.33. The van der Waals surface area contributed by atoms with Crippen molar-refractivity contribution in [3.63, 3.8) is 0 Å². The normalized spacial score (nSPS) is 12.2. The summed E-state index contributed by atoms with van der Waals surface area (Å²) in [5.74, 6) is -0.892. The number of benzene rings is 3. The lowest BCUT2D eigenvalue weighted by atomic mass is 10.0. The third-order valence-electron chi connectivity index (χ3n) is 6.34. The molecular weight excluding hydrogens is 593 g/mol. The molecule has 1 atom stereocenters. The van der Waals surface area contributed by atoms with Gasteiger partial charge in [-0.1, -0.05) is 84.5 Å². The second-order valence-corrected chi connectivity index (χ2v) is 12.6. The SMILES string of the molecule is CCCCNC(=O)[C@H](Cc1ccccc1)N(Cc1ccc(Cl)cc1Cl)C(=O)CN(C)S(=O)(=O)c1ccc(Cl)cc1. The lowest BCUT2D eigenvalue weighted by Crippen LogP contribution is -2.53. The number of unbranched alkanes of at least 4 members (excludes halogenated alkanes) is 1. The summed E-state index contributed by atoms with van der Waals surface area (Å²) in [7, 11) is -2.69. The Morgan fingerprint density at radius 3 is 2.20 bits per heavy atom. The Morgan fingerprint density at radius 1 is 0.925 bits per heavy atom. The molecule has 40 heavy (non-hydrogen) atoms. The quantitative estimate of drug-likeness (QED) is 0.243. The number of hydrogen-bond donors (Lipinski definition) is 1. The molecule has 3 aromatic carbocycles. The molecule has 0 aliphatic heterocycles. The van der Waals surface area contributed by atoms with Crippen LogP contribution < -0.4 is 5.32 Å². The van der Waals surface area contributed by atoms with E-state index in [0.717, 1.165) is 22.7 Å². The number of rotatable bonds is 13. The van der Waals surface area contributed by atoms with Crippen LogP contribution in [0.5, 0.6) is 0 Å². The minimum Gasteiger partial charge on any atom is -0.354 e. The van der Waals surface area contributed by atoms with Crippen LogP contribution in [-0.4, -0.2) is 55.6 Å². The van der Waals surface area contributed by atoms with Crippen LogP contribution in [0.3, 0.4) is 0 Å². The van der Waals surface area contributed by atoms with Gasteiger partial charge in [-0.2, -0.15) is 4.31 Å². The zero-order valence-corrected chi connectivity index (χ0v) is 25.4. The summed E-state index contributed by atoms with van der Waals surface area (Å²) in [6, 6.07) is 19.0. The van der Waals surface area contributed by atoms with E-state index >= 15 is 0 Å². The number of sulfonamides is 1. The zero-order chi connectivity index (χ0) is 29.3. The highest BCUT2D eigenvalue weighted by atomic mass is 35.5. The summed E-state index contributed by atoms with van der Waals surface area (Å²) >= 11 is 18.5. The standard InChI is InChI=1S/C29H32Cl3N3O4S/c1-3-4-16-33-29(37)27(17-21-8-6-5-7-9-21)35(19-22-10-11-24(31)18-26(22)32)28(36)20-34(2)40(38,39)25-14-12-23(30)13-15-25/h5-15,18,27H,3-4,16-17,19-20H2,1-2H3,(H,33,37)/t27-/m0/s1. The number of nitrogens with zero attached hydrogens (tertiary/aromatic N) is 2. The Kier molecular flexibility index (Phi) is 11.8. The Bertz CT molecular complexity index is 1400. The van der Waals surface area contributed by atoms with E-state index in [1.165, 1.54) is 36.2 Å². The fourth-order valence-electron chi connectivity index (χ4n) is 4.05. The molecule has 3 aromatic rings. The molecule has 3 rings (SSSR count). The van der Waals surface area contributed by atoms with Crippen LogP contribution in [0, 0.1) is 0 Å². The molecule has 0 aliphatic rings. The Labute approximate surface area is 251 Å². The maximum absolute atomic E-state index is 13.9. The number of carbonyl (C=O) groups excluding carboxylic acids is 2. The van der Waals surface area contributed by atoms with Crippen LogP contribution in [0.25, 0.3) is 0 Å². The van der Waals surface area contributed by atoms with E-state index in [1.807, 2.05) is 37.3 Å². The van der Waals surface area contributed by atoms with Crippen molar-refractivity contribution in [2.45, 2.75) is 43.7 Å². The first-order valence-electron chi connectivity index (χ1n) is 12.8. The second kappa shape index (κ2) is 14.8. The van der Waals surface area contributed by atoms with Crippen LogP contribution in [0.15, 0.2) is 77.7 Å². The molecule has 2 amide bonds. The second-order valence-electron chi connectivity index (χ2n) is 9.32. The highest BCUT2D eigenvalue weighted by molar-refractivity contribution is 7.89. The highest BCUT2D eigenvalue weighted by Gasteiger charge is 2.33. The van der Waals surface area contributed by atoms with E-state index in [0.29, 0.717) is 27.2 Å². The molecule has 0 aliphatic carbocycles. The summed E-state index contributed by atoms with van der Waals surface area (Å²) < 4.78 is 27.4. The van der Waals surface area contributed by atoms with Gasteiger partial charge >= 0.3 is 0 Å². The van der Waals surface area contributed by atoms with E-state index < -0.39 is 28.5 Å². The monoisotopic (exact) mass is 623 g/mol. The van der Waals surface area contributed by atoms with Crippen molar-refractivity contribution < 1.29 is 18.0 Å². The fraction of sp³-hybridized carbons (Fsp3) is 0.310. The molecule has 0 aromatic heterocycles. The molecule has 0 unspecified atom stereocenters. The molecule has 0 spiro atoms. The summed E-state index contributed by atoms with van der Waals surface area (Å²) in [5.41, 5.74) is 1.42. The predicted octanol–water partition coefficient (Wildman–Crippen LogP) is 5.82. The molecule has 0 heterocycles. The van der Waals surface area contributed by atoms with Crippen molar-refractivity contribution in [2.24, 2.45) is 0 Å².